The number of nitrogens with one attached hydrogen (secondary N) is 11. The molecule has 1 unspecified atom stereocenters. The van der Waals surface area contributed by atoms with Gasteiger partial charge in [0.1, 0.15) is 31.3 Å². The van der Waals surface area contributed by atoms with Crippen LogP contribution >= 0.6 is 21.6 Å². The van der Waals surface area contributed by atoms with Crippen LogP contribution in [0.1, 0.15) is 75.9 Å². The number of carboxylic acid groups (broad SMARTS) is 2. The van der Waals surface area contributed by atoms with E-state index in [1.807, 2.05) is 0 Å². The Labute approximate surface area is 516 Å². The van der Waals surface area contributed by atoms with Crippen molar-refractivity contribution in [2.75, 3.05) is 62.5 Å². The predicted octanol–water partition coefficient (Wildman–Crippen LogP) is -2.61. The second-order valence-electron chi connectivity index (χ2n) is 21.8. The third kappa shape index (κ3) is 16.4. The summed E-state index contributed by atoms with van der Waals surface area (Å²) in [4.78, 5) is 161. The lowest BCUT2D eigenvalue weighted by Crippen LogP contribution is -2.60. The molecule has 2 fully saturated rings. The van der Waals surface area contributed by atoms with Crippen molar-refractivity contribution >= 4 is 109 Å². The Morgan fingerprint density at radius 2 is 1.62 bits per heavy atom. The lowest BCUT2D eigenvalue weighted by atomic mass is 9.82. The Hall–Kier alpha value is -8.93. The van der Waals surface area contributed by atoms with Crippen LogP contribution in [-0.4, -0.2) is 199 Å². The van der Waals surface area contributed by atoms with Crippen LogP contribution in [0.25, 0.3) is 11.2 Å². The molecule has 89 heavy (non-hydrogen) atoms. The van der Waals surface area contributed by atoms with Crippen molar-refractivity contribution in [2.45, 2.75) is 114 Å². The molecule has 0 bridgehead atoms. The van der Waals surface area contributed by atoms with Crippen molar-refractivity contribution in [3.8, 4) is 0 Å². The topological polar surface area (TPSA) is 524 Å². The molecular formula is C54H72N18O15S2. The van der Waals surface area contributed by atoms with Crippen molar-refractivity contribution in [2.24, 2.45) is 17.4 Å². The summed E-state index contributed by atoms with van der Waals surface area (Å²) >= 11 is 0. The number of primary amides is 1. The molecule has 19 N–H and O–H groups in total. The number of nitrogens with two attached hydrogens (primary N) is 3. The summed E-state index contributed by atoms with van der Waals surface area (Å²) in [5, 5.41) is 51.8. The van der Waals surface area contributed by atoms with Crippen LogP contribution in [0.5, 0.6) is 0 Å². The molecule has 35 heteroatoms. The number of carbonyl (C=O) groups is 10. The van der Waals surface area contributed by atoms with E-state index in [0.29, 0.717) is 30.1 Å². The monoisotopic (exact) mass is 1280 g/mol. The SMILES string of the molecule is CO[C@@]12[C@H](COC(N)=O)C3=C(C(=O)C(C)=C(NCCCSSC[C@H](NC(=O)[C@H](CCCNC(=N)N)NC(C)(C)C(=O)CC[C@H](NC(=O)c4ccc(NCc5cnc6nc(N)[nH]c(=O)c6n5)cc4)C(=O)O)C(=O)N[C@@H](C)C(=O)NCC(=O)O)C3=O)N1CC1N[C@@H]12. The van der Waals surface area contributed by atoms with Gasteiger partial charge in [-0.1, -0.05) is 21.6 Å². The summed E-state index contributed by atoms with van der Waals surface area (Å²) < 4.78 is 11.2. The Bertz CT molecular complexity index is 3420. The highest BCUT2D eigenvalue weighted by Crippen LogP contribution is 2.55. The van der Waals surface area contributed by atoms with Crippen molar-refractivity contribution in [1.29, 1.82) is 5.41 Å². The molecule has 5 amide bonds. The molecule has 1 aromatic carbocycles. The number of rotatable bonds is 34. The van der Waals surface area contributed by atoms with Crippen LogP contribution in [0.2, 0.25) is 0 Å². The van der Waals surface area contributed by atoms with Gasteiger partial charge < -0.3 is 84.3 Å². The number of carboxylic acids is 2. The van der Waals surface area contributed by atoms with E-state index in [1.54, 1.807) is 24.0 Å². The summed E-state index contributed by atoms with van der Waals surface area (Å²) in [6.07, 6.45) is 0.241. The number of aromatic amines is 1. The second kappa shape index (κ2) is 29.4. The number of ether oxygens (including phenoxy) is 2. The van der Waals surface area contributed by atoms with Crippen LogP contribution in [0, 0.1) is 11.3 Å². The molecule has 1 aliphatic carbocycles. The van der Waals surface area contributed by atoms with Gasteiger partial charge in [0.2, 0.25) is 35.2 Å². The van der Waals surface area contributed by atoms with Gasteiger partial charge in [-0.3, -0.25) is 58.9 Å². The number of amides is 5. The van der Waals surface area contributed by atoms with E-state index < -0.39 is 113 Å². The minimum atomic E-state index is -1.54. The molecule has 0 saturated carbocycles. The average Bonchev–Trinajstić information content (AvgIpc) is 1.50. The summed E-state index contributed by atoms with van der Waals surface area (Å²) in [6, 6.07) is 0.441. The van der Waals surface area contributed by atoms with Crippen molar-refractivity contribution in [3.05, 3.63) is 74.6 Å². The minimum absolute atomic E-state index is 0.00257. The van der Waals surface area contributed by atoms with Crippen molar-refractivity contribution < 1.29 is 67.6 Å². The maximum atomic E-state index is 14.4. The van der Waals surface area contributed by atoms with E-state index in [2.05, 4.69) is 67.8 Å². The predicted molar refractivity (Wildman–Crippen MR) is 323 cm³/mol. The quantitative estimate of drug-likeness (QED) is 0.00728. The normalized spacial score (nSPS) is 19.6. The van der Waals surface area contributed by atoms with Crippen LogP contribution in [-0.2, 0) is 54.4 Å². The highest BCUT2D eigenvalue weighted by atomic mass is 33.1. The van der Waals surface area contributed by atoms with E-state index in [4.69, 9.17) is 37.2 Å². The molecule has 7 rings (SSSR count). The largest absolute Gasteiger partial charge is 0.480 e. The molecule has 0 radical (unpaired) electrons. The fourth-order valence-corrected chi connectivity index (χ4v) is 12.8. The minimum Gasteiger partial charge on any atom is -0.480 e. The van der Waals surface area contributed by atoms with E-state index in [9.17, 15) is 57.8 Å². The average molecular weight is 1280 g/mol. The summed E-state index contributed by atoms with van der Waals surface area (Å²) in [5.41, 5.74) is 14.9. The van der Waals surface area contributed by atoms with Gasteiger partial charge in [-0.25, -0.2) is 19.6 Å². The molecule has 2 aromatic heterocycles. The molecule has 4 aliphatic rings. The van der Waals surface area contributed by atoms with E-state index in [0.717, 1.165) is 0 Å². The zero-order valence-corrected chi connectivity index (χ0v) is 50.8. The maximum Gasteiger partial charge on any atom is 0.404 e. The van der Waals surface area contributed by atoms with Crippen LogP contribution < -0.4 is 70.6 Å². The highest BCUT2D eigenvalue weighted by Gasteiger charge is 2.72. The van der Waals surface area contributed by atoms with Gasteiger partial charge in [-0.15, -0.1) is 0 Å². The molecular weight excluding hydrogens is 1200 g/mol. The number of allylic oxidation sites excluding steroid dienone is 2. The summed E-state index contributed by atoms with van der Waals surface area (Å²) in [5.74, 6) is -8.26. The third-order valence-corrected chi connectivity index (χ3v) is 17.7. The number of H-pyrrole nitrogens is 1. The Morgan fingerprint density at radius 3 is 2.29 bits per heavy atom. The van der Waals surface area contributed by atoms with Gasteiger partial charge in [0, 0.05) is 73.1 Å². The number of nitrogen functional groups attached to an aromatic ring is 1. The number of ketones is 3. The van der Waals surface area contributed by atoms with E-state index in [-0.39, 0.29) is 120 Å². The number of carbonyl (C=O) groups excluding carboxylic acids is 8. The van der Waals surface area contributed by atoms with Gasteiger partial charge in [0.25, 0.3) is 11.5 Å². The number of nitrogens with zero attached hydrogens (tertiary/aromatic N) is 4. The zero-order chi connectivity index (χ0) is 65.1. The molecule has 5 heterocycles. The molecule has 33 nitrogen and oxygen atoms in total. The number of methoxy groups -OCH3 is 1. The van der Waals surface area contributed by atoms with Crippen molar-refractivity contribution in [3.63, 3.8) is 0 Å². The maximum absolute atomic E-state index is 14.4. The lowest BCUT2D eigenvalue weighted by molar-refractivity contribution is -0.140. The van der Waals surface area contributed by atoms with Gasteiger partial charge in [0.15, 0.2) is 28.6 Å². The third-order valence-electron chi connectivity index (χ3n) is 15.2. The Morgan fingerprint density at radius 1 is 0.899 bits per heavy atom. The smallest absolute Gasteiger partial charge is 0.404 e. The zero-order valence-electron chi connectivity index (χ0n) is 49.2. The van der Waals surface area contributed by atoms with Gasteiger partial charge >= 0.3 is 18.0 Å². The number of aliphatic carboxylic acids is 2. The fraction of sp³-hybridized carbons (Fsp3) is 0.500. The van der Waals surface area contributed by atoms with Crippen LogP contribution in [0.3, 0.4) is 0 Å². The summed E-state index contributed by atoms with van der Waals surface area (Å²) in [6.45, 7) is 5.64. The number of piperazine rings is 1. The first-order valence-corrected chi connectivity index (χ1v) is 30.6. The lowest BCUT2D eigenvalue weighted by Gasteiger charge is -2.39. The fourth-order valence-electron chi connectivity index (χ4n) is 10.6. The first-order chi connectivity index (χ1) is 42.2. The highest BCUT2D eigenvalue weighted by molar-refractivity contribution is 8.76. The second-order valence-corrected chi connectivity index (χ2v) is 24.4. The first-order valence-electron chi connectivity index (χ1n) is 28.1. The summed E-state index contributed by atoms with van der Waals surface area (Å²) in [7, 11) is 3.94. The van der Waals surface area contributed by atoms with Gasteiger partial charge in [0.05, 0.1) is 53.4 Å². The molecule has 3 aromatic rings. The molecule has 480 valence electrons. The van der Waals surface area contributed by atoms with Crippen LogP contribution in [0.4, 0.5) is 16.4 Å². The number of anilines is 2. The Balaban J connectivity index is 0.949. The van der Waals surface area contributed by atoms with Crippen molar-refractivity contribution in [1.82, 2.24) is 67.4 Å². The number of aromatic nitrogens is 4. The molecule has 0 spiro atoms. The van der Waals surface area contributed by atoms with Crippen LogP contribution in [0.15, 0.2) is 57.8 Å². The number of benzene rings is 1. The van der Waals surface area contributed by atoms with E-state index >= 15 is 0 Å². The number of guanidine groups is 1. The standard InChI is InChI=1S/C54H72N18O15S2/c1-24-37(41(77)36-29(22-87-52(58)85)54(86-5)42-32(66-42)21-72(54)39(36)40(24)76)59-16-7-17-88-89-23-33(47(81)64-25(2)44(78)63-20-35(74)75)68-46(80)30(8-6-15-60-50(55)56)71-53(3,4)34(73)14-13-31(49(83)84)67-45(79)26-9-11-27(12-10-26)61-18-28-19-62-43-38(65-28)48(82)70-51(57)69-43/h9-12,19,25,29-33,42,59,61,66,71H,6-8,13-18,20-23H2,1-5H3,(H2,58,85)(H,63,78)(H,64,81)(H,67,79)(H,68,80)(H,74,75)(H,83,84)(H4,55,56,60)(H3,57,62,69,70,82)/t25-,29+,30-,31-,32?,33-,42-,54+/m0/s1. The van der Waals surface area contributed by atoms with E-state index in [1.165, 1.54) is 67.8 Å². The van der Waals surface area contributed by atoms with Gasteiger partial charge in [-0.2, -0.15) is 4.98 Å². The molecule has 3 aliphatic heterocycles. The Kier molecular flexibility index (Phi) is 22.3. The first kappa shape index (κ1) is 67.6. The number of hydrogen-bond acceptors (Lipinski definition) is 25. The number of fused-ring (bicyclic) bond motifs is 5. The number of Topliss-reactive ketones (excluding diaryl/α,β-unsaturated/α-hetero) is 3. The molecule has 2 saturated heterocycles. The molecule has 8 atom stereocenters. The van der Waals surface area contributed by atoms with Gasteiger partial charge in [-0.05, 0) is 77.6 Å². The number of hydrogen-bond donors (Lipinski definition) is 16.